The van der Waals surface area contributed by atoms with Crippen LogP contribution in [0.15, 0.2) is 83.6 Å². The van der Waals surface area contributed by atoms with E-state index in [-0.39, 0.29) is 0 Å². The molecule has 0 aliphatic carbocycles. The van der Waals surface area contributed by atoms with E-state index in [1.54, 1.807) is 14.2 Å². The monoisotopic (exact) mass is 526 g/mol. The molecule has 5 rings (SSSR count). The van der Waals surface area contributed by atoms with E-state index in [1.807, 2.05) is 25.2 Å². The Morgan fingerprint density at radius 2 is 1.62 bits per heavy atom. The Balaban J connectivity index is 1.48. The van der Waals surface area contributed by atoms with E-state index in [2.05, 4.69) is 93.5 Å². The number of nitrogens with one attached hydrogen (secondary N) is 1. The number of anilines is 4. The quantitative estimate of drug-likeness (QED) is 0.457. The van der Waals surface area contributed by atoms with Crippen LogP contribution in [0.25, 0.3) is 0 Å². The summed E-state index contributed by atoms with van der Waals surface area (Å²) < 4.78 is 11.0. The smallest absolute Gasteiger partial charge is 0.146 e. The number of hydrogen-bond acceptors (Lipinski definition) is 8. The Morgan fingerprint density at radius 3 is 2.31 bits per heavy atom. The lowest BCUT2D eigenvalue weighted by molar-refractivity contribution is 0.313. The molecular weight excluding hydrogens is 488 g/mol. The van der Waals surface area contributed by atoms with Crippen LogP contribution in [0, 0.1) is 6.92 Å². The van der Waals surface area contributed by atoms with E-state index in [0.29, 0.717) is 12.4 Å². The van der Waals surface area contributed by atoms with E-state index >= 15 is 0 Å². The van der Waals surface area contributed by atoms with E-state index in [0.717, 1.165) is 60.6 Å². The summed E-state index contributed by atoms with van der Waals surface area (Å²) in [6.07, 6.45) is 2.09. The van der Waals surface area contributed by atoms with Crippen molar-refractivity contribution in [3.05, 3.63) is 84.2 Å². The van der Waals surface area contributed by atoms with Crippen molar-refractivity contribution < 1.29 is 9.47 Å². The molecule has 8 heteroatoms. The number of rotatable bonds is 7. The summed E-state index contributed by atoms with van der Waals surface area (Å²) in [5, 5.41) is 3.55. The predicted molar refractivity (Wildman–Crippen MR) is 161 cm³/mol. The topological polar surface area (TPSA) is 55.8 Å². The number of piperazine rings is 1. The van der Waals surface area contributed by atoms with Crippen molar-refractivity contribution in [1.82, 2.24) is 9.80 Å². The van der Waals surface area contributed by atoms with Crippen LogP contribution in [0.2, 0.25) is 0 Å². The van der Waals surface area contributed by atoms with Crippen molar-refractivity contribution in [3.63, 3.8) is 0 Å². The van der Waals surface area contributed by atoms with Crippen molar-refractivity contribution in [2.45, 2.75) is 6.92 Å². The predicted octanol–water partition coefficient (Wildman–Crippen LogP) is 5.16. The molecule has 0 spiro atoms. The first-order chi connectivity index (χ1) is 19.0. The van der Waals surface area contributed by atoms with Crippen molar-refractivity contribution in [2.24, 2.45) is 4.99 Å². The van der Waals surface area contributed by atoms with E-state index in [4.69, 9.17) is 14.5 Å². The fraction of sp³-hybridized carbons (Fsp3) is 0.323. The van der Waals surface area contributed by atoms with Gasteiger partial charge in [0.1, 0.15) is 29.8 Å². The van der Waals surface area contributed by atoms with Gasteiger partial charge >= 0.3 is 0 Å². The molecule has 8 nitrogen and oxygen atoms in total. The first-order valence-corrected chi connectivity index (χ1v) is 13.3. The minimum atomic E-state index is 0.522. The second-order valence-electron chi connectivity index (χ2n) is 10.0. The average Bonchev–Trinajstić information content (AvgIpc) is 2.97. The van der Waals surface area contributed by atoms with Gasteiger partial charge in [0, 0.05) is 56.7 Å². The Bertz CT molecular complexity index is 1350. The van der Waals surface area contributed by atoms with Crippen LogP contribution in [-0.4, -0.2) is 76.8 Å². The number of amidine groups is 1. The highest BCUT2D eigenvalue weighted by Crippen LogP contribution is 2.34. The molecule has 0 atom stereocenters. The summed E-state index contributed by atoms with van der Waals surface area (Å²) in [7, 11) is 7.53. The van der Waals surface area contributed by atoms with Crippen LogP contribution in [0.3, 0.4) is 0 Å². The molecule has 0 unspecified atom stereocenters. The Hall–Kier alpha value is -4.17. The molecular formula is C31H38N6O2. The van der Waals surface area contributed by atoms with Crippen molar-refractivity contribution in [2.75, 3.05) is 76.3 Å². The van der Waals surface area contributed by atoms with Gasteiger partial charge in [0.25, 0.3) is 0 Å². The van der Waals surface area contributed by atoms with Crippen LogP contribution in [-0.2, 0) is 0 Å². The third-order valence-corrected chi connectivity index (χ3v) is 7.36. The summed E-state index contributed by atoms with van der Waals surface area (Å²) >= 11 is 0. The van der Waals surface area contributed by atoms with Crippen molar-refractivity contribution in [3.8, 4) is 11.5 Å². The molecule has 1 fully saturated rings. The van der Waals surface area contributed by atoms with Gasteiger partial charge in [0.2, 0.25) is 0 Å². The van der Waals surface area contributed by atoms with Crippen LogP contribution in [0.1, 0.15) is 5.56 Å². The van der Waals surface area contributed by atoms with Crippen molar-refractivity contribution in [1.29, 1.82) is 0 Å². The highest BCUT2D eigenvalue weighted by atomic mass is 16.5. The lowest BCUT2D eigenvalue weighted by Gasteiger charge is -2.35. The molecule has 3 aromatic carbocycles. The largest absolute Gasteiger partial charge is 0.497 e. The van der Waals surface area contributed by atoms with Gasteiger partial charge in [-0.1, -0.05) is 18.2 Å². The number of aliphatic imine (C=N–C) groups is 1. The molecule has 0 saturated carbocycles. The molecule has 0 radical (unpaired) electrons. The maximum atomic E-state index is 5.62. The number of nitrogens with zero attached hydrogens (tertiary/aromatic N) is 5. The zero-order chi connectivity index (χ0) is 27.4. The van der Waals surface area contributed by atoms with Gasteiger partial charge in [-0.3, -0.25) is 4.90 Å². The highest BCUT2D eigenvalue weighted by Gasteiger charge is 2.23. The van der Waals surface area contributed by atoms with Gasteiger partial charge in [-0.05, 0) is 62.0 Å². The molecule has 0 amide bonds. The van der Waals surface area contributed by atoms with Gasteiger partial charge in [0.05, 0.1) is 25.6 Å². The fourth-order valence-electron chi connectivity index (χ4n) is 4.93. The maximum Gasteiger partial charge on any atom is 0.146 e. The van der Waals surface area contributed by atoms with Crippen LogP contribution < -0.4 is 24.6 Å². The Kier molecular flexibility index (Phi) is 7.93. The molecule has 0 bridgehead atoms. The number of hydrogen-bond donors (Lipinski definition) is 1. The lowest BCUT2D eigenvalue weighted by Crippen LogP contribution is -2.44. The fourth-order valence-corrected chi connectivity index (χ4v) is 4.93. The zero-order valence-corrected chi connectivity index (χ0v) is 23.5. The second kappa shape index (κ2) is 11.7. The van der Waals surface area contributed by atoms with Crippen LogP contribution in [0.4, 0.5) is 22.7 Å². The van der Waals surface area contributed by atoms with Gasteiger partial charge < -0.3 is 29.5 Å². The summed E-state index contributed by atoms with van der Waals surface area (Å²) in [5.74, 6) is 3.25. The summed E-state index contributed by atoms with van der Waals surface area (Å²) in [4.78, 5) is 14.1. The summed E-state index contributed by atoms with van der Waals surface area (Å²) in [5.41, 5.74) is 5.47. The zero-order valence-electron chi connectivity index (χ0n) is 23.5. The van der Waals surface area contributed by atoms with E-state index in [1.165, 1.54) is 11.3 Å². The molecule has 204 valence electrons. The van der Waals surface area contributed by atoms with Gasteiger partial charge in [-0.15, -0.1) is 0 Å². The minimum absolute atomic E-state index is 0.522. The number of ether oxygens (including phenoxy) is 2. The van der Waals surface area contributed by atoms with Crippen LogP contribution in [0.5, 0.6) is 11.5 Å². The van der Waals surface area contributed by atoms with Crippen molar-refractivity contribution >= 4 is 28.6 Å². The SMILES string of the molecule is COc1ccc(NC2=CC(N(c3ccc(N4CCN(C)CC4)cc3)c3ccccc3C)=NCN2C)c(OC)c1. The lowest BCUT2D eigenvalue weighted by atomic mass is 10.1. The van der Waals surface area contributed by atoms with Gasteiger partial charge in [0.15, 0.2) is 0 Å². The van der Waals surface area contributed by atoms with E-state index < -0.39 is 0 Å². The Labute approximate surface area is 231 Å². The second-order valence-corrected chi connectivity index (χ2v) is 10.0. The third-order valence-electron chi connectivity index (χ3n) is 7.36. The average molecular weight is 527 g/mol. The molecule has 1 N–H and O–H groups in total. The maximum absolute atomic E-state index is 5.62. The van der Waals surface area contributed by atoms with Gasteiger partial charge in [-0.25, -0.2) is 4.99 Å². The molecule has 3 aromatic rings. The first-order valence-electron chi connectivity index (χ1n) is 13.3. The molecule has 2 aliphatic heterocycles. The molecule has 0 aromatic heterocycles. The number of benzene rings is 3. The molecule has 39 heavy (non-hydrogen) atoms. The number of aryl methyl sites for hydroxylation is 1. The molecule has 2 heterocycles. The number of para-hydroxylation sites is 1. The number of likely N-dealkylation sites (N-methyl/N-ethyl adjacent to an activating group) is 1. The summed E-state index contributed by atoms with van der Waals surface area (Å²) in [6, 6.07) is 23.1. The Morgan fingerprint density at radius 1 is 0.872 bits per heavy atom. The normalized spacial score (nSPS) is 15.9. The standard InChI is InChI=1S/C31H38N6O2/c1-23-8-6-7-9-28(23)37(25-12-10-24(11-13-25)36-18-16-34(2)17-19-36)30-21-31(35(3)22-32-30)33-27-15-14-26(38-4)20-29(27)39-5/h6-15,20-21,33H,16-19,22H2,1-5H3. The van der Waals surface area contributed by atoms with E-state index in [9.17, 15) is 0 Å². The van der Waals surface area contributed by atoms with Crippen LogP contribution >= 0.6 is 0 Å². The third kappa shape index (κ3) is 5.81. The highest BCUT2D eigenvalue weighted by molar-refractivity contribution is 6.12. The summed E-state index contributed by atoms with van der Waals surface area (Å²) in [6.45, 7) is 6.92. The molecule has 1 saturated heterocycles. The molecule has 2 aliphatic rings. The number of methoxy groups -OCH3 is 2. The first kappa shape index (κ1) is 26.4. The minimum Gasteiger partial charge on any atom is -0.497 e. The van der Waals surface area contributed by atoms with Gasteiger partial charge in [-0.2, -0.15) is 0 Å².